The van der Waals surface area contributed by atoms with E-state index in [0.29, 0.717) is 6.41 Å². The van der Waals surface area contributed by atoms with Crippen molar-refractivity contribution in [3.8, 4) is 0 Å². The zero-order chi connectivity index (χ0) is 9.36. The number of carbonyl (C=O) groups is 1. The molecule has 1 N–H and O–H groups in total. The quantitative estimate of drug-likeness (QED) is 0.320. The van der Waals surface area contributed by atoms with Crippen molar-refractivity contribution in [1.82, 2.24) is 5.48 Å². The fourth-order valence-corrected chi connectivity index (χ4v) is 0.913. The summed E-state index contributed by atoms with van der Waals surface area (Å²) in [5, 5.41) is 0. The fraction of sp³-hybridized carbons (Fsp3) is 0.100. The van der Waals surface area contributed by atoms with Gasteiger partial charge in [-0.1, -0.05) is 30.3 Å². The molecule has 0 atom stereocenters. The Balaban J connectivity index is 2.26. The minimum atomic E-state index is 0.479. The number of allylic oxidation sites excluding steroid dienone is 1. The van der Waals surface area contributed by atoms with E-state index in [4.69, 9.17) is 0 Å². The summed E-state index contributed by atoms with van der Waals surface area (Å²) in [7, 11) is 0. The van der Waals surface area contributed by atoms with Crippen molar-refractivity contribution < 1.29 is 9.63 Å². The normalized spacial score (nSPS) is 9.85. The molecule has 0 bridgehead atoms. The summed E-state index contributed by atoms with van der Waals surface area (Å²) < 4.78 is 0. The van der Waals surface area contributed by atoms with Gasteiger partial charge in [0.2, 0.25) is 6.41 Å². The molecule has 0 unspecified atom stereocenters. The molecule has 0 spiro atoms. The number of hydrogen-bond donors (Lipinski definition) is 1. The highest BCUT2D eigenvalue weighted by Crippen LogP contribution is 1.99. The summed E-state index contributed by atoms with van der Waals surface area (Å²) in [6.45, 7) is 0. The number of rotatable bonds is 5. The Bertz CT molecular complexity index is 270. The molecule has 0 aromatic heterocycles. The minimum absolute atomic E-state index is 0.479. The average molecular weight is 177 g/mol. The van der Waals surface area contributed by atoms with E-state index in [0.717, 1.165) is 6.42 Å². The molecule has 3 nitrogen and oxygen atoms in total. The predicted molar refractivity (Wildman–Crippen MR) is 49.6 cm³/mol. The number of amides is 1. The molecule has 68 valence electrons. The Morgan fingerprint density at radius 2 is 2.08 bits per heavy atom. The maximum atomic E-state index is 9.77. The van der Waals surface area contributed by atoms with Crippen LogP contribution in [0.4, 0.5) is 0 Å². The first-order chi connectivity index (χ1) is 6.43. The van der Waals surface area contributed by atoms with Crippen molar-refractivity contribution >= 4 is 6.41 Å². The van der Waals surface area contributed by atoms with Crippen LogP contribution >= 0.6 is 0 Å². The lowest BCUT2D eigenvalue weighted by molar-refractivity contribution is -0.117. The second-order valence-electron chi connectivity index (χ2n) is 2.42. The van der Waals surface area contributed by atoms with Gasteiger partial charge in [-0.25, -0.2) is 0 Å². The number of hydrogen-bond acceptors (Lipinski definition) is 2. The highest BCUT2D eigenvalue weighted by Gasteiger charge is 1.84. The summed E-state index contributed by atoms with van der Waals surface area (Å²) in [5.74, 6) is 0. The predicted octanol–water partition coefficient (Wildman–Crippen LogP) is 1.42. The third-order valence-electron chi connectivity index (χ3n) is 1.48. The monoisotopic (exact) mass is 177 g/mol. The van der Waals surface area contributed by atoms with Crippen LogP contribution in [0.2, 0.25) is 0 Å². The third kappa shape index (κ3) is 3.96. The molecule has 0 heterocycles. The molecule has 3 heteroatoms. The summed E-state index contributed by atoms with van der Waals surface area (Å²) in [4.78, 5) is 14.4. The molecule has 1 aromatic carbocycles. The van der Waals surface area contributed by atoms with Gasteiger partial charge < -0.3 is 4.84 Å². The largest absolute Gasteiger partial charge is 0.388 e. The topological polar surface area (TPSA) is 38.3 Å². The van der Waals surface area contributed by atoms with Crippen LogP contribution in [-0.2, 0) is 16.1 Å². The van der Waals surface area contributed by atoms with E-state index in [9.17, 15) is 4.79 Å². The van der Waals surface area contributed by atoms with E-state index >= 15 is 0 Å². The van der Waals surface area contributed by atoms with E-state index in [2.05, 4.69) is 10.3 Å². The van der Waals surface area contributed by atoms with Crippen LogP contribution < -0.4 is 5.48 Å². The van der Waals surface area contributed by atoms with Gasteiger partial charge in [-0.3, -0.25) is 4.79 Å². The Kier molecular flexibility index (Phi) is 4.18. The molecule has 13 heavy (non-hydrogen) atoms. The van der Waals surface area contributed by atoms with E-state index in [-0.39, 0.29) is 0 Å². The van der Waals surface area contributed by atoms with Crippen LogP contribution in [0, 0.1) is 0 Å². The first kappa shape index (κ1) is 9.32. The minimum Gasteiger partial charge on any atom is -0.388 e. The standard InChI is InChI=1S/C10H11NO2/c12-9-11-13-8-4-7-10-5-2-1-3-6-10/h1-6,8-9H,7H2,(H,11,12). The lowest BCUT2D eigenvalue weighted by Crippen LogP contribution is -2.06. The smallest absolute Gasteiger partial charge is 0.239 e. The maximum absolute atomic E-state index is 9.77. The van der Waals surface area contributed by atoms with Crippen LogP contribution in [0.3, 0.4) is 0 Å². The van der Waals surface area contributed by atoms with E-state index < -0.39 is 0 Å². The van der Waals surface area contributed by atoms with Crippen molar-refractivity contribution in [1.29, 1.82) is 0 Å². The van der Waals surface area contributed by atoms with Gasteiger partial charge in [0.25, 0.3) is 0 Å². The Labute approximate surface area is 77.0 Å². The highest BCUT2D eigenvalue weighted by atomic mass is 16.6. The molecule has 0 fully saturated rings. The summed E-state index contributed by atoms with van der Waals surface area (Å²) >= 11 is 0. The van der Waals surface area contributed by atoms with Gasteiger partial charge in [0.15, 0.2) is 0 Å². The molecular weight excluding hydrogens is 166 g/mol. The van der Waals surface area contributed by atoms with Crippen LogP contribution in [0.25, 0.3) is 0 Å². The van der Waals surface area contributed by atoms with Crippen LogP contribution in [0.15, 0.2) is 42.7 Å². The van der Waals surface area contributed by atoms with Crippen LogP contribution in [-0.4, -0.2) is 6.41 Å². The van der Waals surface area contributed by atoms with Gasteiger partial charge in [0.05, 0.1) is 0 Å². The molecule has 1 rings (SSSR count). The number of nitrogens with one attached hydrogen (secondary N) is 1. The number of hydroxylamine groups is 1. The summed E-state index contributed by atoms with van der Waals surface area (Å²) in [6.07, 6.45) is 4.54. The van der Waals surface area contributed by atoms with Crippen molar-refractivity contribution in [2.24, 2.45) is 0 Å². The average Bonchev–Trinajstić information content (AvgIpc) is 2.19. The van der Waals surface area contributed by atoms with Crippen molar-refractivity contribution in [2.45, 2.75) is 6.42 Å². The lowest BCUT2D eigenvalue weighted by atomic mass is 10.2. The zero-order valence-corrected chi connectivity index (χ0v) is 7.14. The molecular formula is C10H11NO2. The molecule has 0 radical (unpaired) electrons. The molecule has 0 saturated heterocycles. The second kappa shape index (κ2) is 5.83. The van der Waals surface area contributed by atoms with E-state index in [1.807, 2.05) is 36.4 Å². The van der Waals surface area contributed by atoms with Gasteiger partial charge in [-0.15, -0.1) is 0 Å². The van der Waals surface area contributed by atoms with Gasteiger partial charge in [-0.2, -0.15) is 5.48 Å². The van der Waals surface area contributed by atoms with E-state index in [1.165, 1.54) is 11.8 Å². The lowest BCUT2D eigenvalue weighted by Gasteiger charge is -1.95. The second-order valence-corrected chi connectivity index (χ2v) is 2.42. The number of carbonyl (C=O) groups excluding carboxylic acids is 1. The van der Waals surface area contributed by atoms with Crippen molar-refractivity contribution in [3.63, 3.8) is 0 Å². The third-order valence-corrected chi connectivity index (χ3v) is 1.48. The molecule has 1 amide bonds. The molecule has 0 aliphatic rings. The highest BCUT2D eigenvalue weighted by molar-refractivity contribution is 5.43. The van der Waals surface area contributed by atoms with Crippen molar-refractivity contribution in [2.75, 3.05) is 0 Å². The van der Waals surface area contributed by atoms with Gasteiger partial charge in [-0.05, 0) is 18.1 Å². The fourth-order valence-electron chi connectivity index (χ4n) is 0.913. The molecule has 0 aliphatic carbocycles. The van der Waals surface area contributed by atoms with E-state index in [1.54, 1.807) is 0 Å². The Hall–Kier alpha value is -1.77. The van der Waals surface area contributed by atoms with Crippen LogP contribution in [0.1, 0.15) is 5.56 Å². The van der Waals surface area contributed by atoms with Crippen LogP contribution in [0.5, 0.6) is 0 Å². The number of benzene rings is 1. The molecule has 1 aromatic rings. The molecule has 0 aliphatic heterocycles. The first-order valence-corrected chi connectivity index (χ1v) is 3.97. The SMILES string of the molecule is O=CNOC=CCc1ccccc1. The van der Waals surface area contributed by atoms with Gasteiger partial charge in [0, 0.05) is 0 Å². The zero-order valence-electron chi connectivity index (χ0n) is 7.14. The van der Waals surface area contributed by atoms with Gasteiger partial charge >= 0.3 is 0 Å². The Morgan fingerprint density at radius 3 is 2.77 bits per heavy atom. The maximum Gasteiger partial charge on any atom is 0.239 e. The summed E-state index contributed by atoms with van der Waals surface area (Å²) in [5.41, 5.74) is 3.27. The molecule has 0 saturated carbocycles. The Morgan fingerprint density at radius 1 is 1.31 bits per heavy atom. The van der Waals surface area contributed by atoms with Gasteiger partial charge in [0.1, 0.15) is 6.26 Å². The summed E-state index contributed by atoms with van der Waals surface area (Å²) in [6, 6.07) is 9.98. The first-order valence-electron chi connectivity index (χ1n) is 3.97. The van der Waals surface area contributed by atoms with Crippen molar-refractivity contribution in [3.05, 3.63) is 48.2 Å².